The number of rotatable bonds is 13. The second-order valence-corrected chi connectivity index (χ2v) is 13.4. The van der Waals surface area contributed by atoms with E-state index in [4.69, 9.17) is 9.47 Å². The summed E-state index contributed by atoms with van der Waals surface area (Å²) in [7, 11) is 3.28. The van der Waals surface area contributed by atoms with Crippen molar-refractivity contribution in [3.05, 3.63) is 151 Å². The Hall–Kier alpha value is -6.13. The van der Waals surface area contributed by atoms with Crippen LogP contribution in [0.5, 0.6) is 11.5 Å². The molecule has 3 N–H and O–H groups in total. The molecule has 6 rings (SSSR count). The van der Waals surface area contributed by atoms with Crippen molar-refractivity contribution in [3.63, 3.8) is 0 Å². The number of hydrogen-bond acceptors (Lipinski definition) is 8. The van der Waals surface area contributed by atoms with Gasteiger partial charge >= 0.3 is 0 Å². The number of H-pyrrole nitrogens is 2. The van der Waals surface area contributed by atoms with Gasteiger partial charge < -0.3 is 24.8 Å². The second-order valence-electron chi connectivity index (χ2n) is 13.4. The van der Waals surface area contributed by atoms with Crippen LogP contribution in [0.15, 0.2) is 112 Å². The molecule has 0 spiro atoms. The number of carbonyl (C=O) groups excluding carboxylic acids is 2. The molecule has 0 amide bonds. The number of aromatic nitrogens is 2. The lowest BCUT2D eigenvalue weighted by molar-refractivity contribution is 0.0988. The van der Waals surface area contributed by atoms with Gasteiger partial charge in [-0.3, -0.25) is 24.2 Å². The summed E-state index contributed by atoms with van der Waals surface area (Å²) in [5.74, 6) is 1.48. The second kappa shape index (κ2) is 18.1. The minimum Gasteiger partial charge on any atom is -0.497 e. The number of ketones is 2. The summed E-state index contributed by atoms with van der Waals surface area (Å²) >= 11 is 0. The molecule has 278 valence electrons. The molecule has 2 atom stereocenters. The number of benzene rings is 4. The normalized spacial score (nSPS) is 12.3. The van der Waals surface area contributed by atoms with Gasteiger partial charge in [-0.1, -0.05) is 42.5 Å². The van der Waals surface area contributed by atoms with Crippen molar-refractivity contribution in [2.75, 3.05) is 20.8 Å². The van der Waals surface area contributed by atoms with Crippen LogP contribution in [-0.2, 0) is 12.8 Å². The van der Waals surface area contributed by atoms with Gasteiger partial charge in [-0.25, -0.2) is 0 Å². The predicted octanol–water partition coefficient (Wildman–Crippen LogP) is 6.98. The minimum absolute atomic E-state index is 0.00799. The van der Waals surface area contributed by atoms with E-state index in [1.807, 2.05) is 87.5 Å². The van der Waals surface area contributed by atoms with E-state index in [-0.39, 0.29) is 41.3 Å². The van der Waals surface area contributed by atoms with Crippen molar-refractivity contribution in [1.29, 1.82) is 0 Å². The number of methoxy groups -OCH3 is 2. The van der Waals surface area contributed by atoms with Crippen molar-refractivity contribution >= 4 is 39.6 Å². The summed E-state index contributed by atoms with van der Waals surface area (Å²) in [6, 6.07) is 29.5. The average Bonchev–Trinajstić information content (AvgIpc) is 3.17. The monoisotopic (exact) mass is 726 g/mol. The number of hydrogen-bond donors (Lipinski definition) is 3. The van der Waals surface area contributed by atoms with Crippen molar-refractivity contribution < 1.29 is 19.1 Å². The average molecular weight is 727 g/mol. The predicted molar refractivity (Wildman–Crippen MR) is 216 cm³/mol. The van der Waals surface area contributed by atoms with Crippen LogP contribution in [0.2, 0.25) is 0 Å². The smallest absolute Gasteiger partial charge is 0.248 e. The Labute approximate surface area is 314 Å². The van der Waals surface area contributed by atoms with Crippen molar-refractivity contribution in [1.82, 2.24) is 15.3 Å². The van der Waals surface area contributed by atoms with Gasteiger partial charge in [-0.2, -0.15) is 0 Å². The van der Waals surface area contributed by atoms with Crippen molar-refractivity contribution in [3.8, 4) is 11.5 Å². The number of fused-ring (bicyclic) bond motifs is 2. The van der Waals surface area contributed by atoms with Gasteiger partial charge in [0.05, 0.1) is 44.1 Å². The molecule has 0 radical (unpaired) electrons. The SMILES string of the molecule is COc1ccc(CC(C)N=CC(=O)c2ccc(C)c3[nH]c(=O)ccc23)cc1.COc1ccc(CC(C)NCC(=O)c2ccc(C)c3[nH]c(=O)ccc23)cc1. The fourth-order valence-corrected chi connectivity index (χ4v) is 6.21. The number of aliphatic imine (C=N–C) groups is 1. The Morgan fingerprint density at radius 1 is 0.667 bits per heavy atom. The Morgan fingerprint density at radius 3 is 1.67 bits per heavy atom. The van der Waals surface area contributed by atoms with E-state index >= 15 is 0 Å². The van der Waals surface area contributed by atoms with Gasteiger partial charge in [0.2, 0.25) is 16.9 Å². The number of carbonyl (C=O) groups is 2. The van der Waals surface area contributed by atoms with Crippen LogP contribution in [0.25, 0.3) is 21.8 Å². The molecule has 54 heavy (non-hydrogen) atoms. The van der Waals surface area contributed by atoms with Gasteiger partial charge in [-0.05, 0) is 105 Å². The van der Waals surface area contributed by atoms with Gasteiger partial charge in [0.25, 0.3) is 0 Å². The zero-order chi connectivity index (χ0) is 38.8. The maximum absolute atomic E-state index is 12.7. The van der Waals surface area contributed by atoms with Crippen LogP contribution in [0.3, 0.4) is 0 Å². The van der Waals surface area contributed by atoms with Gasteiger partial charge in [0.15, 0.2) is 5.78 Å². The van der Waals surface area contributed by atoms with E-state index < -0.39 is 0 Å². The third kappa shape index (κ3) is 10.0. The summed E-state index contributed by atoms with van der Waals surface area (Å²) in [5, 5.41) is 4.81. The fraction of sp³-hybridized carbons (Fsp3) is 0.250. The highest BCUT2D eigenvalue weighted by molar-refractivity contribution is 6.38. The van der Waals surface area contributed by atoms with Crippen LogP contribution in [0.1, 0.15) is 56.8 Å². The number of aromatic amines is 2. The summed E-state index contributed by atoms with van der Waals surface area (Å²) in [6.45, 7) is 8.09. The van der Waals surface area contributed by atoms with Crippen molar-refractivity contribution in [2.45, 2.75) is 52.6 Å². The highest BCUT2D eigenvalue weighted by atomic mass is 16.5. The summed E-state index contributed by atoms with van der Waals surface area (Å²) in [4.78, 5) is 58.5. The Morgan fingerprint density at radius 2 is 1.15 bits per heavy atom. The standard InChI is InChI=1S/C22H24N2O3.C22H22N2O3/c2*1-14-4-9-18(19-10-11-21(26)24-22(14)19)20(25)13-23-15(2)12-16-5-7-17(27-3)8-6-16/h4-11,15,23H,12-13H2,1-3H3,(H,24,26);4-11,13,15H,12H2,1-3H3,(H,24,26). The molecular formula is C44H46N4O6. The first-order valence-corrected chi connectivity index (χ1v) is 17.8. The molecular weight excluding hydrogens is 681 g/mol. The fourth-order valence-electron chi connectivity index (χ4n) is 6.21. The lowest BCUT2D eigenvalue weighted by atomic mass is 10.0. The Kier molecular flexibility index (Phi) is 13.1. The van der Waals surface area contributed by atoms with E-state index in [2.05, 4.69) is 27.2 Å². The molecule has 0 aliphatic carbocycles. The van der Waals surface area contributed by atoms with Crippen molar-refractivity contribution in [2.24, 2.45) is 4.99 Å². The number of nitrogens with one attached hydrogen (secondary N) is 3. The summed E-state index contributed by atoms with van der Waals surface area (Å²) in [6.07, 6.45) is 2.93. The van der Waals surface area contributed by atoms with E-state index in [0.29, 0.717) is 16.6 Å². The highest BCUT2D eigenvalue weighted by Crippen LogP contribution is 2.21. The molecule has 2 aromatic heterocycles. The third-order valence-electron chi connectivity index (χ3n) is 9.22. The molecule has 10 nitrogen and oxygen atoms in total. The number of aryl methyl sites for hydroxylation is 2. The first-order valence-electron chi connectivity index (χ1n) is 17.8. The third-order valence-corrected chi connectivity index (χ3v) is 9.22. The lowest BCUT2D eigenvalue weighted by Crippen LogP contribution is -2.33. The number of pyridine rings is 2. The van der Waals surface area contributed by atoms with Crippen LogP contribution in [0.4, 0.5) is 0 Å². The van der Waals surface area contributed by atoms with Gasteiger partial charge in [0.1, 0.15) is 11.5 Å². The molecule has 0 fully saturated rings. The topological polar surface area (TPSA) is 143 Å². The maximum Gasteiger partial charge on any atom is 0.248 e. The summed E-state index contributed by atoms with van der Waals surface area (Å²) < 4.78 is 10.3. The molecule has 6 aromatic rings. The molecule has 4 aromatic carbocycles. The van der Waals surface area contributed by atoms with Crippen LogP contribution in [-0.4, -0.2) is 60.6 Å². The lowest BCUT2D eigenvalue weighted by Gasteiger charge is -2.14. The zero-order valence-corrected chi connectivity index (χ0v) is 31.5. The molecule has 10 heteroatoms. The molecule has 0 saturated heterocycles. The number of nitrogens with zero attached hydrogens (tertiary/aromatic N) is 1. The summed E-state index contributed by atoms with van der Waals surface area (Å²) in [5.41, 5.74) is 6.39. The molecule has 0 aliphatic rings. The number of Topliss-reactive ketones (excluding diaryl/α,β-unsaturated/α-hetero) is 2. The Balaban J connectivity index is 0.000000208. The van der Waals surface area contributed by atoms with E-state index in [1.165, 1.54) is 23.9 Å². The Bertz CT molecular complexity index is 2390. The first-order chi connectivity index (χ1) is 25.9. The maximum atomic E-state index is 12.7. The van der Waals surface area contributed by atoms with Gasteiger partial charge in [0, 0.05) is 40.1 Å². The molecule has 2 heterocycles. The van der Waals surface area contributed by atoms with Gasteiger partial charge in [-0.15, -0.1) is 0 Å². The highest BCUT2D eigenvalue weighted by Gasteiger charge is 2.14. The zero-order valence-electron chi connectivity index (χ0n) is 31.5. The largest absolute Gasteiger partial charge is 0.497 e. The molecule has 2 unspecified atom stereocenters. The van der Waals surface area contributed by atoms with Crippen LogP contribution < -0.4 is 25.9 Å². The molecule has 0 saturated carbocycles. The molecule has 0 aliphatic heterocycles. The van der Waals surface area contributed by atoms with E-state index in [9.17, 15) is 19.2 Å². The quantitative estimate of drug-likeness (QED) is 0.0861. The molecule has 0 bridgehead atoms. The van der Waals surface area contributed by atoms with Crippen LogP contribution >= 0.6 is 0 Å². The minimum atomic E-state index is -0.183. The first kappa shape index (κ1) is 39.1. The number of ether oxygens (including phenoxy) is 2. The van der Waals surface area contributed by atoms with E-state index in [0.717, 1.165) is 57.3 Å². The van der Waals surface area contributed by atoms with Crippen LogP contribution in [0, 0.1) is 13.8 Å². The van der Waals surface area contributed by atoms with E-state index in [1.54, 1.807) is 32.4 Å².